The Bertz CT molecular complexity index is 903. The molecule has 0 amide bonds. The van der Waals surface area contributed by atoms with Gasteiger partial charge in [0.2, 0.25) is 0 Å². The van der Waals surface area contributed by atoms with Gasteiger partial charge in [-0.2, -0.15) is 0 Å². The van der Waals surface area contributed by atoms with Crippen LogP contribution in [0.15, 0.2) is 49.1 Å². The Morgan fingerprint density at radius 2 is 2.13 bits per heavy atom. The third-order valence-electron chi connectivity index (χ3n) is 3.21. The first kappa shape index (κ1) is 15.6. The van der Waals surface area contributed by atoms with E-state index in [-0.39, 0.29) is 6.61 Å². The van der Waals surface area contributed by atoms with Gasteiger partial charge in [-0.05, 0) is 24.3 Å². The van der Waals surface area contributed by atoms with Crippen LogP contribution in [-0.2, 0) is 4.74 Å². The monoisotopic (exact) mass is 346 g/mol. The zero-order valence-electron chi connectivity index (χ0n) is 12.0. The molecule has 0 spiro atoms. The van der Waals surface area contributed by atoms with Crippen molar-refractivity contribution in [3.05, 3.63) is 64.7 Å². The molecule has 0 atom stereocenters. The van der Waals surface area contributed by atoms with Crippen LogP contribution in [-0.4, -0.2) is 22.5 Å². The summed E-state index contributed by atoms with van der Waals surface area (Å²) in [6.45, 7) is 3.65. The standard InChI is InChI=1S/C17H12Cl2N2O2/c1-2-6-23-17(22)11-8-13(19)15-14(9-11)20-16(21-15)10-4-3-5-12(18)7-10/h2-5,7-9H,1,6H2,(H,20,21). The molecule has 6 heteroatoms. The van der Waals surface area contributed by atoms with E-state index in [4.69, 9.17) is 27.9 Å². The smallest absolute Gasteiger partial charge is 0.338 e. The first-order valence-corrected chi connectivity index (χ1v) is 7.57. The molecule has 23 heavy (non-hydrogen) atoms. The highest BCUT2D eigenvalue weighted by Gasteiger charge is 2.14. The van der Waals surface area contributed by atoms with Crippen LogP contribution in [0.3, 0.4) is 0 Å². The molecule has 0 aliphatic heterocycles. The van der Waals surface area contributed by atoms with Gasteiger partial charge in [-0.3, -0.25) is 0 Å². The fourth-order valence-electron chi connectivity index (χ4n) is 2.18. The van der Waals surface area contributed by atoms with E-state index in [0.29, 0.717) is 32.5 Å². The zero-order chi connectivity index (χ0) is 16.4. The summed E-state index contributed by atoms with van der Waals surface area (Å²) in [5, 5.41) is 0.986. The van der Waals surface area contributed by atoms with Crippen LogP contribution in [0.5, 0.6) is 0 Å². The SMILES string of the molecule is C=CCOC(=O)c1cc(Cl)c2nc(-c3cccc(Cl)c3)[nH]c2c1. The maximum atomic E-state index is 11.9. The minimum atomic E-state index is -0.465. The fourth-order valence-corrected chi connectivity index (χ4v) is 2.64. The summed E-state index contributed by atoms with van der Waals surface area (Å²) in [7, 11) is 0. The van der Waals surface area contributed by atoms with Gasteiger partial charge >= 0.3 is 5.97 Å². The number of carbonyl (C=O) groups excluding carboxylic acids is 1. The van der Waals surface area contributed by atoms with Gasteiger partial charge in [0, 0.05) is 10.6 Å². The second-order valence-corrected chi connectivity index (χ2v) is 5.68. The average Bonchev–Trinajstić information content (AvgIpc) is 2.97. The summed E-state index contributed by atoms with van der Waals surface area (Å²) in [6.07, 6.45) is 1.51. The van der Waals surface area contributed by atoms with Crippen LogP contribution in [0.1, 0.15) is 10.4 Å². The number of nitrogens with zero attached hydrogens (tertiary/aromatic N) is 1. The van der Waals surface area contributed by atoms with Crippen LogP contribution in [0.4, 0.5) is 0 Å². The molecule has 0 fully saturated rings. The van der Waals surface area contributed by atoms with Crippen molar-refractivity contribution in [3.8, 4) is 11.4 Å². The number of hydrogen-bond acceptors (Lipinski definition) is 3. The number of aromatic nitrogens is 2. The molecule has 116 valence electrons. The van der Waals surface area contributed by atoms with E-state index in [9.17, 15) is 4.79 Å². The van der Waals surface area contributed by atoms with Crippen LogP contribution >= 0.6 is 23.2 Å². The highest BCUT2D eigenvalue weighted by atomic mass is 35.5. The maximum Gasteiger partial charge on any atom is 0.338 e. The number of fused-ring (bicyclic) bond motifs is 1. The highest BCUT2D eigenvalue weighted by Crippen LogP contribution is 2.28. The molecular weight excluding hydrogens is 335 g/mol. The van der Waals surface area contributed by atoms with E-state index < -0.39 is 5.97 Å². The Hall–Kier alpha value is -2.30. The molecule has 1 aromatic heterocycles. The van der Waals surface area contributed by atoms with Crippen LogP contribution in [0.25, 0.3) is 22.4 Å². The lowest BCUT2D eigenvalue weighted by molar-refractivity contribution is 0.0550. The minimum absolute atomic E-state index is 0.144. The van der Waals surface area contributed by atoms with Crippen molar-refractivity contribution in [1.82, 2.24) is 9.97 Å². The van der Waals surface area contributed by atoms with Crippen molar-refractivity contribution in [2.45, 2.75) is 0 Å². The first-order valence-electron chi connectivity index (χ1n) is 6.81. The molecule has 0 aliphatic carbocycles. The van der Waals surface area contributed by atoms with Crippen molar-refractivity contribution < 1.29 is 9.53 Å². The lowest BCUT2D eigenvalue weighted by atomic mass is 10.2. The Morgan fingerprint density at radius 1 is 1.30 bits per heavy atom. The Kier molecular flexibility index (Phi) is 4.37. The molecule has 0 saturated heterocycles. The van der Waals surface area contributed by atoms with E-state index >= 15 is 0 Å². The maximum absolute atomic E-state index is 11.9. The molecule has 0 unspecified atom stereocenters. The number of hydrogen-bond donors (Lipinski definition) is 1. The Labute approximate surface area is 142 Å². The molecule has 3 aromatic rings. The van der Waals surface area contributed by atoms with E-state index in [1.54, 1.807) is 18.2 Å². The normalized spacial score (nSPS) is 10.7. The van der Waals surface area contributed by atoms with Gasteiger partial charge in [-0.15, -0.1) is 0 Å². The van der Waals surface area contributed by atoms with Gasteiger partial charge in [-0.25, -0.2) is 9.78 Å². The molecule has 1 N–H and O–H groups in total. The predicted molar refractivity (Wildman–Crippen MR) is 92.0 cm³/mol. The van der Waals surface area contributed by atoms with Gasteiger partial charge in [0.1, 0.15) is 17.9 Å². The third-order valence-corrected chi connectivity index (χ3v) is 3.73. The molecular formula is C17H12Cl2N2O2. The first-order chi connectivity index (χ1) is 11.1. The summed E-state index contributed by atoms with van der Waals surface area (Å²) in [6, 6.07) is 10.5. The van der Waals surface area contributed by atoms with Gasteiger partial charge in [0.05, 0.1) is 16.1 Å². The highest BCUT2D eigenvalue weighted by molar-refractivity contribution is 6.35. The number of carbonyl (C=O) groups is 1. The van der Waals surface area contributed by atoms with Crippen LogP contribution in [0, 0.1) is 0 Å². The summed E-state index contributed by atoms with van der Waals surface area (Å²) in [5.74, 6) is 0.161. The summed E-state index contributed by atoms with van der Waals surface area (Å²) >= 11 is 12.2. The largest absolute Gasteiger partial charge is 0.458 e. The third kappa shape index (κ3) is 3.23. The summed E-state index contributed by atoms with van der Waals surface area (Å²) in [4.78, 5) is 19.6. The molecule has 1 heterocycles. The van der Waals surface area contributed by atoms with E-state index in [1.807, 2.05) is 12.1 Å². The van der Waals surface area contributed by atoms with Gasteiger partial charge in [0.15, 0.2) is 0 Å². The van der Waals surface area contributed by atoms with Gasteiger partial charge in [0.25, 0.3) is 0 Å². The average molecular weight is 347 g/mol. The number of benzene rings is 2. The van der Waals surface area contributed by atoms with E-state index in [1.165, 1.54) is 12.1 Å². The topological polar surface area (TPSA) is 55.0 Å². The molecule has 2 aromatic carbocycles. The van der Waals surface area contributed by atoms with Crippen LogP contribution in [0.2, 0.25) is 10.0 Å². The van der Waals surface area contributed by atoms with Crippen LogP contribution < -0.4 is 0 Å². The van der Waals surface area contributed by atoms with E-state index in [2.05, 4.69) is 16.5 Å². The molecule has 0 aliphatic rings. The molecule has 0 radical (unpaired) electrons. The van der Waals surface area contributed by atoms with E-state index in [0.717, 1.165) is 5.56 Å². The van der Waals surface area contributed by atoms with Crippen molar-refractivity contribution in [1.29, 1.82) is 0 Å². The fraction of sp³-hybridized carbons (Fsp3) is 0.0588. The lowest BCUT2D eigenvalue weighted by Gasteiger charge is -2.02. The number of esters is 1. The van der Waals surface area contributed by atoms with Crippen molar-refractivity contribution >= 4 is 40.2 Å². The number of ether oxygens (including phenoxy) is 1. The number of rotatable bonds is 4. The number of H-pyrrole nitrogens is 1. The summed E-state index contributed by atoms with van der Waals surface area (Å²) in [5.41, 5.74) is 2.42. The second-order valence-electron chi connectivity index (χ2n) is 4.84. The Morgan fingerprint density at radius 3 is 2.87 bits per heavy atom. The van der Waals surface area contributed by atoms with Crippen molar-refractivity contribution in [2.75, 3.05) is 6.61 Å². The van der Waals surface area contributed by atoms with Crippen molar-refractivity contribution in [2.24, 2.45) is 0 Å². The number of nitrogens with one attached hydrogen (secondary N) is 1. The zero-order valence-corrected chi connectivity index (χ0v) is 13.5. The lowest BCUT2D eigenvalue weighted by Crippen LogP contribution is -2.04. The van der Waals surface area contributed by atoms with Gasteiger partial charge < -0.3 is 9.72 Å². The molecule has 0 bridgehead atoms. The summed E-state index contributed by atoms with van der Waals surface area (Å²) < 4.78 is 5.02. The van der Waals surface area contributed by atoms with Crippen molar-refractivity contribution in [3.63, 3.8) is 0 Å². The molecule has 0 saturated carbocycles. The quantitative estimate of drug-likeness (QED) is 0.541. The van der Waals surface area contributed by atoms with Gasteiger partial charge in [-0.1, -0.05) is 48.0 Å². The second kappa shape index (κ2) is 6.44. The number of aromatic amines is 1. The number of halogens is 2. The molecule has 4 nitrogen and oxygen atoms in total. The Balaban J connectivity index is 2.04. The minimum Gasteiger partial charge on any atom is -0.458 e. The number of imidazole rings is 1. The molecule has 3 rings (SSSR count). The predicted octanol–water partition coefficient (Wildman–Crippen LogP) is 4.88.